The molecule has 1 aromatic carbocycles. The van der Waals surface area contributed by atoms with Crippen LogP contribution in [0.15, 0.2) is 29.8 Å². The van der Waals surface area contributed by atoms with E-state index < -0.39 is 34.4 Å². The first kappa shape index (κ1) is 25.6. The molecule has 186 valence electrons. The number of Topliss-reactive ketones (excluding diaryl/α,β-unsaturated/α-hetero) is 1. The summed E-state index contributed by atoms with van der Waals surface area (Å²) in [5.74, 6) is -3.06. The van der Waals surface area contributed by atoms with Gasteiger partial charge in [0.25, 0.3) is 11.6 Å². The summed E-state index contributed by atoms with van der Waals surface area (Å²) in [6, 6.07) is 4.44. The number of nitrogens with zero attached hydrogens (tertiary/aromatic N) is 2. The number of nitro benzene ring substituents is 1. The van der Waals surface area contributed by atoms with Crippen molar-refractivity contribution in [3.8, 4) is 0 Å². The molecule has 1 atom stereocenters. The zero-order valence-corrected chi connectivity index (χ0v) is 20.3. The number of hydrogen-bond donors (Lipinski definition) is 2. The molecule has 0 bridgehead atoms. The number of benzene rings is 1. The molecule has 0 aliphatic carbocycles. The van der Waals surface area contributed by atoms with Gasteiger partial charge in [0.05, 0.1) is 38.7 Å². The molecule has 3 rings (SSSR count). The number of aromatic amines is 1. The molecule has 1 amide bonds. The van der Waals surface area contributed by atoms with E-state index in [-0.39, 0.29) is 29.1 Å². The molecule has 1 aliphatic rings. The molecular formula is C24H28N4O7. The monoisotopic (exact) mass is 484 g/mol. The number of amides is 1. The van der Waals surface area contributed by atoms with Gasteiger partial charge in [0, 0.05) is 36.4 Å². The minimum absolute atomic E-state index is 0.0865. The lowest BCUT2D eigenvalue weighted by Crippen LogP contribution is -3.05. The van der Waals surface area contributed by atoms with Gasteiger partial charge in [-0.05, 0) is 42.7 Å². The molecule has 1 aromatic heterocycles. The summed E-state index contributed by atoms with van der Waals surface area (Å²) in [6.45, 7) is 4.11. The Morgan fingerprint density at radius 1 is 1.20 bits per heavy atom. The Hall–Kier alpha value is -3.99. The van der Waals surface area contributed by atoms with Crippen LogP contribution in [-0.2, 0) is 14.3 Å². The minimum Gasteiger partial charge on any atom is -0.872 e. The molecule has 2 N–H and O–H groups in total. The van der Waals surface area contributed by atoms with Gasteiger partial charge in [-0.2, -0.15) is 0 Å². The van der Waals surface area contributed by atoms with Gasteiger partial charge in [-0.1, -0.05) is 5.76 Å². The van der Waals surface area contributed by atoms with Gasteiger partial charge in [-0.15, -0.1) is 0 Å². The number of aromatic nitrogens is 1. The summed E-state index contributed by atoms with van der Waals surface area (Å²) in [5.41, 5.74) is 0.885. The molecule has 1 saturated heterocycles. The molecule has 0 radical (unpaired) electrons. The fraction of sp³-hybridized carbons (Fsp3) is 0.375. The highest BCUT2D eigenvalue weighted by molar-refractivity contribution is 6.46. The summed E-state index contributed by atoms with van der Waals surface area (Å²) in [5, 5.41) is 24.8. The van der Waals surface area contributed by atoms with Crippen molar-refractivity contribution in [1.29, 1.82) is 0 Å². The number of rotatable bonds is 8. The van der Waals surface area contributed by atoms with E-state index in [4.69, 9.17) is 4.74 Å². The summed E-state index contributed by atoms with van der Waals surface area (Å²) in [6.07, 6.45) is 0.584. The first-order valence-corrected chi connectivity index (χ1v) is 11.1. The van der Waals surface area contributed by atoms with Crippen molar-refractivity contribution in [3.05, 3.63) is 68.0 Å². The maximum absolute atomic E-state index is 13.7. The van der Waals surface area contributed by atoms with E-state index in [0.29, 0.717) is 23.2 Å². The third-order valence-corrected chi connectivity index (χ3v) is 6.08. The molecule has 2 heterocycles. The largest absolute Gasteiger partial charge is 0.872 e. The van der Waals surface area contributed by atoms with Gasteiger partial charge < -0.3 is 24.6 Å². The number of nitro groups is 1. The number of quaternary nitrogens is 1. The Morgan fingerprint density at radius 2 is 1.83 bits per heavy atom. The Kier molecular flexibility index (Phi) is 7.39. The fourth-order valence-electron chi connectivity index (χ4n) is 4.36. The Morgan fingerprint density at radius 3 is 2.37 bits per heavy atom. The van der Waals surface area contributed by atoms with Crippen LogP contribution in [0.2, 0.25) is 0 Å². The summed E-state index contributed by atoms with van der Waals surface area (Å²) in [7, 11) is 5.13. The first-order chi connectivity index (χ1) is 16.5. The van der Waals surface area contributed by atoms with Gasteiger partial charge in [-0.25, -0.2) is 4.79 Å². The van der Waals surface area contributed by atoms with Gasteiger partial charge in [-0.3, -0.25) is 19.7 Å². The Bertz CT molecular complexity index is 1210. The van der Waals surface area contributed by atoms with Crippen molar-refractivity contribution >= 4 is 29.1 Å². The van der Waals surface area contributed by atoms with Gasteiger partial charge in [0.1, 0.15) is 5.69 Å². The van der Waals surface area contributed by atoms with Crippen LogP contribution in [0.4, 0.5) is 5.69 Å². The van der Waals surface area contributed by atoms with E-state index in [1.165, 1.54) is 36.3 Å². The van der Waals surface area contributed by atoms with Crippen molar-refractivity contribution in [2.24, 2.45) is 0 Å². The van der Waals surface area contributed by atoms with E-state index in [1.807, 2.05) is 14.1 Å². The average Bonchev–Trinajstić information content (AvgIpc) is 3.25. The SMILES string of the molecule is COC(=O)c1[nH]c(C)c(C([O-])=C2C(=O)C(=O)N(CCC[NH+](C)C)C2c2ccc([N+](=O)[O-])cc2)c1C. The van der Waals surface area contributed by atoms with Crippen LogP contribution in [0, 0.1) is 24.0 Å². The second-order valence-electron chi connectivity index (χ2n) is 8.75. The number of nitrogens with one attached hydrogen (secondary N) is 2. The number of carbonyl (C=O) groups excluding carboxylic acids is 3. The van der Waals surface area contributed by atoms with Crippen molar-refractivity contribution in [3.63, 3.8) is 0 Å². The second-order valence-corrected chi connectivity index (χ2v) is 8.75. The molecule has 35 heavy (non-hydrogen) atoms. The quantitative estimate of drug-likeness (QED) is 0.135. The number of esters is 1. The van der Waals surface area contributed by atoms with E-state index in [1.54, 1.807) is 13.8 Å². The van der Waals surface area contributed by atoms with Crippen molar-refractivity contribution < 1.29 is 34.1 Å². The normalized spacial score (nSPS) is 17.3. The molecule has 0 saturated carbocycles. The van der Waals surface area contributed by atoms with E-state index in [2.05, 4.69) is 4.98 Å². The van der Waals surface area contributed by atoms with E-state index >= 15 is 0 Å². The molecule has 11 nitrogen and oxygen atoms in total. The maximum atomic E-state index is 13.7. The molecule has 1 aliphatic heterocycles. The number of hydrogen-bond acceptors (Lipinski definition) is 7. The molecule has 1 fully saturated rings. The predicted octanol–water partition coefficient (Wildman–Crippen LogP) is 0.0849. The van der Waals surface area contributed by atoms with Crippen LogP contribution in [0.25, 0.3) is 5.76 Å². The molecular weight excluding hydrogens is 456 g/mol. The molecule has 11 heteroatoms. The van der Waals surface area contributed by atoms with Crippen LogP contribution in [-0.4, -0.2) is 66.8 Å². The Labute approximate surface area is 202 Å². The van der Waals surface area contributed by atoms with Crippen LogP contribution < -0.4 is 10.0 Å². The third kappa shape index (κ3) is 4.80. The number of likely N-dealkylation sites (tertiary alicyclic amines) is 1. The second kappa shape index (κ2) is 10.1. The number of methoxy groups -OCH3 is 1. The maximum Gasteiger partial charge on any atom is 0.354 e. The zero-order valence-electron chi connectivity index (χ0n) is 20.3. The van der Waals surface area contributed by atoms with E-state index in [0.717, 1.165) is 11.4 Å². The standard InChI is InChI=1S/C24H28N4O7/c1-13-17(14(2)25-19(13)24(32)35-5)21(29)18-20(15-7-9-16(10-8-15)28(33)34)27(23(31)22(18)30)12-6-11-26(3)4/h7-10,20,25,29H,6,11-12H2,1-5H3. The van der Waals surface area contributed by atoms with Crippen molar-refractivity contribution in [2.45, 2.75) is 26.3 Å². The van der Waals surface area contributed by atoms with Gasteiger partial charge in [0.2, 0.25) is 5.78 Å². The minimum atomic E-state index is -1.00. The Balaban J connectivity index is 2.18. The lowest BCUT2D eigenvalue weighted by molar-refractivity contribution is -0.858. The third-order valence-electron chi connectivity index (χ3n) is 6.08. The fourth-order valence-corrected chi connectivity index (χ4v) is 4.36. The smallest absolute Gasteiger partial charge is 0.354 e. The van der Waals surface area contributed by atoms with Crippen molar-refractivity contribution in [1.82, 2.24) is 9.88 Å². The van der Waals surface area contributed by atoms with Crippen LogP contribution in [0.5, 0.6) is 0 Å². The predicted molar refractivity (Wildman–Crippen MR) is 123 cm³/mol. The zero-order chi connectivity index (χ0) is 26.0. The lowest BCUT2D eigenvalue weighted by Gasteiger charge is -2.28. The number of H-pyrrole nitrogens is 1. The van der Waals surface area contributed by atoms with E-state index in [9.17, 15) is 29.6 Å². The summed E-state index contributed by atoms with van der Waals surface area (Å²) >= 11 is 0. The van der Waals surface area contributed by atoms with Crippen LogP contribution in [0.1, 0.15) is 45.3 Å². The van der Waals surface area contributed by atoms with Crippen LogP contribution in [0.3, 0.4) is 0 Å². The number of ketones is 1. The van der Waals surface area contributed by atoms with Gasteiger partial charge in [0.15, 0.2) is 0 Å². The van der Waals surface area contributed by atoms with Crippen molar-refractivity contribution in [2.75, 3.05) is 34.3 Å². The summed E-state index contributed by atoms with van der Waals surface area (Å²) < 4.78 is 4.76. The molecule has 2 aromatic rings. The highest BCUT2D eigenvalue weighted by atomic mass is 16.6. The van der Waals surface area contributed by atoms with Gasteiger partial charge >= 0.3 is 5.97 Å². The highest BCUT2D eigenvalue weighted by Crippen LogP contribution is 2.40. The topological polar surface area (TPSA) is 150 Å². The number of ether oxygens (including phenoxy) is 1. The average molecular weight is 485 g/mol. The van der Waals surface area contributed by atoms with Crippen LogP contribution >= 0.6 is 0 Å². The summed E-state index contributed by atoms with van der Waals surface area (Å²) in [4.78, 5) is 54.1. The lowest BCUT2D eigenvalue weighted by atomic mass is 9.94. The number of carbonyl (C=O) groups is 3. The first-order valence-electron chi connectivity index (χ1n) is 11.1. The highest BCUT2D eigenvalue weighted by Gasteiger charge is 2.44. The molecule has 0 spiro atoms. The number of aryl methyl sites for hydroxylation is 1. The number of non-ortho nitro benzene ring substituents is 1. The molecule has 1 unspecified atom stereocenters.